The maximum Gasteiger partial charge on any atom is 0.126 e. The first-order valence-electron chi connectivity index (χ1n) is 6.80. The van der Waals surface area contributed by atoms with E-state index in [0.717, 1.165) is 12.0 Å². The number of aryl methyl sites for hydroxylation is 1. The summed E-state index contributed by atoms with van der Waals surface area (Å²) < 4.78 is 19.1. The molecule has 1 aliphatic rings. The van der Waals surface area contributed by atoms with Crippen molar-refractivity contribution in [1.82, 2.24) is 0 Å². The van der Waals surface area contributed by atoms with Crippen LogP contribution in [-0.4, -0.2) is 11.7 Å². The van der Waals surface area contributed by atoms with Gasteiger partial charge in [-0.05, 0) is 41.7 Å². The van der Waals surface area contributed by atoms with E-state index >= 15 is 0 Å². The van der Waals surface area contributed by atoms with Gasteiger partial charge < -0.3 is 9.84 Å². The molecule has 0 bridgehead atoms. The van der Waals surface area contributed by atoms with E-state index in [-0.39, 0.29) is 11.9 Å². The molecule has 0 radical (unpaired) electrons. The summed E-state index contributed by atoms with van der Waals surface area (Å²) in [5, 5.41) is 10.6. The van der Waals surface area contributed by atoms with Crippen molar-refractivity contribution in [2.75, 3.05) is 6.61 Å². The van der Waals surface area contributed by atoms with E-state index < -0.39 is 6.10 Å². The lowest BCUT2D eigenvalue weighted by molar-refractivity contribution is -0.0483. The zero-order valence-corrected chi connectivity index (χ0v) is 11.3. The molecule has 0 aromatic heterocycles. The first kappa shape index (κ1) is 13.3. The highest BCUT2D eigenvalue weighted by atomic mass is 19.1. The van der Waals surface area contributed by atoms with E-state index in [2.05, 4.69) is 6.07 Å². The number of hydrogen-bond acceptors (Lipinski definition) is 2. The monoisotopic (exact) mass is 272 g/mol. The maximum absolute atomic E-state index is 13.3. The highest BCUT2D eigenvalue weighted by Gasteiger charge is 2.28. The van der Waals surface area contributed by atoms with Crippen LogP contribution in [0.2, 0.25) is 0 Å². The number of ether oxygens (including phenoxy) is 1. The molecular weight excluding hydrogens is 255 g/mol. The van der Waals surface area contributed by atoms with Gasteiger partial charge in [0.05, 0.1) is 6.61 Å². The Morgan fingerprint density at radius 1 is 1.25 bits per heavy atom. The molecule has 2 aromatic carbocycles. The van der Waals surface area contributed by atoms with Gasteiger partial charge in [-0.2, -0.15) is 0 Å². The fraction of sp³-hybridized carbons (Fsp3) is 0.294. The zero-order valence-electron chi connectivity index (χ0n) is 11.3. The number of aliphatic hydroxyl groups excluding tert-OH is 1. The van der Waals surface area contributed by atoms with Gasteiger partial charge in [-0.3, -0.25) is 0 Å². The molecule has 2 aromatic rings. The van der Waals surface area contributed by atoms with E-state index in [9.17, 15) is 9.50 Å². The summed E-state index contributed by atoms with van der Waals surface area (Å²) in [6, 6.07) is 12.7. The van der Waals surface area contributed by atoms with Crippen molar-refractivity contribution >= 4 is 0 Å². The van der Waals surface area contributed by atoms with Crippen molar-refractivity contribution in [2.45, 2.75) is 25.6 Å². The molecule has 3 rings (SSSR count). The van der Waals surface area contributed by atoms with Crippen LogP contribution in [0.15, 0.2) is 42.5 Å². The van der Waals surface area contributed by atoms with Crippen LogP contribution in [0.4, 0.5) is 4.39 Å². The molecule has 1 aliphatic heterocycles. The van der Waals surface area contributed by atoms with Gasteiger partial charge in [0.15, 0.2) is 0 Å². The molecule has 0 fully saturated rings. The van der Waals surface area contributed by atoms with Crippen molar-refractivity contribution in [1.29, 1.82) is 0 Å². The summed E-state index contributed by atoms with van der Waals surface area (Å²) in [6.45, 7) is 2.29. The average Bonchev–Trinajstić information content (AvgIpc) is 2.49. The van der Waals surface area contributed by atoms with Crippen LogP contribution in [0, 0.1) is 12.7 Å². The number of benzene rings is 2. The van der Waals surface area contributed by atoms with Crippen molar-refractivity contribution in [3.05, 3.63) is 70.5 Å². The predicted molar refractivity (Wildman–Crippen MR) is 74.9 cm³/mol. The normalized spacial score (nSPS) is 19.4. The Morgan fingerprint density at radius 2 is 2.05 bits per heavy atom. The quantitative estimate of drug-likeness (QED) is 0.907. The fourth-order valence-corrected chi connectivity index (χ4v) is 2.71. The molecule has 104 valence electrons. The first-order valence-corrected chi connectivity index (χ1v) is 6.80. The molecule has 0 saturated carbocycles. The third-order valence-electron chi connectivity index (χ3n) is 3.84. The van der Waals surface area contributed by atoms with E-state index in [1.165, 1.54) is 11.6 Å². The number of hydrogen-bond donors (Lipinski definition) is 1. The van der Waals surface area contributed by atoms with Gasteiger partial charge in [-0.1, -0.05) is 36.4 Å². The second kappa shape index (κ2) is 5.35. The summed E-state index contributed by atoms with van der Waals surface area (Å²) >= 11 is 0. The number of fused-ring (bicyclic) bond motifs is 1. The highest BCUT2D eigenvalue weighted by Crippen LogP contribution is 2.37. The van der Waals surface area contributed by atoms with Crippen LogP contribution >= 0.6 is 0 Å². The van der Waals surface area contributed by atoms with Gasteiger partial charge in [0, 0.05) is 0 Å². The third-order valence-corrected chi connectivity index (χ3v) is 3.84. The van der Waals surface area contributed by atoms with Crippen LogP contribution in [0.25, 0.3) is 0 Å². The van der Waals surface area contributed by atoms with E-state index in [1.54, 1.807) is 19.1 Å². The Bertz CT molecular complexity index is 624. The van der Waals surface area contributed by atoms with E-state index in [1.807, 2.05) is 18.2 Å². The molecule has 0 aliphatic carbocycles. The second-order valence-corrected chi connectivity index (χ2v) is 5.19. The van der Waals surface area contributed by atoms with Crippen LogP contribution in [0.3, 0.4) is 0 Å². The van der Waals surface area contributed by atoms with Gasteiger partial charge in [-0.25, -0.2) is 4.39 Å². The first-order chi connectivity index (χ1) is 9.66. The van der Waals surface area contributed by atoms with Crippen LogP contribution in [-0.2, 0) is 11.2 Å². The lowest BCUT2D eigenvalue weighted by atomic mass is 9.91. The Morgan fingerprint density at radius 3 is 2.85 bits per heavy atom. The van der Waals surface area contributed by atoms with E-state index in [4.69, 9.17) is 4.74 Å². The van der Waals surface area contributed by atoms with Crippen LogP contribution in [0.1, 0.15) is 34.5 Å². The summed E-state index contributed by atoms with van der Waals surface area (Å²) in [6.07, 6.45) is -0.303. The predicted octanol–water partition coefficient (Wildman–Crippen LogP) is 3.48. The Hall–Kier alpha value is -1.71. The van der Waals surface area contributed by atoms with Gasteiger partial charge in [0.1, 0.15) is 18.0 Å². The van der Waals surface area contributed by atoms with Gasteiger partial charge in [0.25, 0.3) is 0 Å². The number of rotatable bonds is 2. The molecule has 2 atom stereocenters. The van der Waals surface area contributed by atoms with Gasteiger partial charge in [-0.15, -0.1) is 0 Å². The molecule has 0 saturated heterocycles. The minimum absolute atomic E-state index is 0.258. The molecule has 2 nitrogen and oxygen atoms in total. The molecular formula is C17H17FO2. The van der Waals surface area contributed by atoms with Gasteiger partial charge in [0.2, 0.25) is 0 Å². The average molecular weight is 272 g/mol. The molecule has 20 heavy (non-hydrogen) atoms. The molecule has 3 heteroatoms. The summed E-state index contributed by atoms with van der Waals surface area (Å²) in [5.41, 5.74) is 3.45. The molecule has 1 heterocycles. The molecule has 0 amide bonds. The minimum Gasteiger partial charge on any atom is -0.385 e. The van der Waals surface area contributed by atoms with Gasteiger partial charge >= 0.3 is 0 Å². The Labute approximate surface area is 117 Å². The molecule has 1 N–H and O–H groups in total. The SMILES string of the molecule is Cc1cc(C(O)C2OCCc3ccccc32)ccc1F. The van der Waals surface area contributed by atoms with Crippen molar-refractivity contribution in [3.63, 3.8) is 0 Å². The van der Waals surface area contributed by atoms with Crippen LogP contribution in [0.5, 0.6) is 0 Å². The number of aliphatic hydroxyl groups is 1. The highest BCUT2D eigenvalue weighted by molar-refractivity contribution is 5.34. The van der Waals surface area contributed by atoms with Crippen molar-refractivity contribution in [2.24, 2.45) is 0 Å². The standard InChI is InChI=1S/C17H17FO2/c1-11-10-13(6-7-15(11)18)16(19)17-14-5-3-2-4-12(14)8-9-20-17/h2-7,10,16-17,19H,8-9H2,1H3. The van der Waals surface area contributed by atoms with E-state index in [0.29, 0.717) is 17.7 Å². The molecule has 0 spiro atoms. The minimum atomic E-state index is -0.782. The summed E-state index contributed by atoms with van der Waals surface area (Å²) in [7, 11) is 0. The number of halogens is 1. The zero-order chi connectivity index (χ0) is 14.1. The Kier molecular flexibility index (Phi) is 3.55. The van der Waals surface area contributed by atoms with Crippen molar-refractivity contribution < 1.29 is 14.2 Å². The van der Waals surface area contributed by atoms with Crippen LogP contribution < -0.4 is 0 Å². The lowest BCUT2D eigenvalue weighted by Crippen LogP contribution is -2.22. The third kappa shape index (κ3) is 2.35. The second-order valence-electron chi connectivity index (χ2n) is 5.19. The summed E-state index contributed by atoms with van der Waals surface area (Å²) in [5.74, 6) is -0.258. The largest absolute Gasteiger partial charge is 0.385 e. The Balaban J connectivity index is 1.95. The van der Waals surface area contributed by atoms with Crippen molar-refractivity contribution in [3.8, 4) is 0 Å². The smallest absolute Gasteiger partial charge is 0.126 e. The lowest BCUT2D eigenvalue weighted by Gasteiger charge is -2.30. The maximum atomic E-state index is 13.3. The topological polar surface area (TPSA) is 29.5 Å². The summed E-state index contributed by atoms with van der Waals surface area (Å²) in [4.78, 5) is 0. The molecule has 2 unspecified atom stereocenters. The fourth-order valence-electron chi connectivity index (χ4n) is 2.71.